The first kappa shape index (κ1) is 12.2. The molecule has 2 aromatic carbocycles. The molecular weight excluding hydrogens is 222 g/mol. The number of nitriles is 1. The molecule has 0 aliphatic carbocycles. The maximum absolute atomic E-state index is 9.46. The average molecular weight is 236 g/mol. The Labute approximate surface area is 107 Å². The van der Waals surface area contributed by atoms with E-state index in [1.807, 2.05) is 18.2 Å². The van der Waals surface area contributed by atoms with Crippen LogP contribution in [0.25, 0.3) is 0 Å². The van der Waals surface area contributed by atoms with Gasteiger partial charge in [-0.1, -0.05) is 24.3 Å². The summed E-state index contributed by atoms with van der Waals surface area (Å²) in [6.45, 7) is 4.15. The van der Waals surface area contributed by atoms with Gasteiger partial charge < -0.3 is 5.11 Å². The largest absolute Gasteiger partial charge is 0.507 e. The van der Waals surface area contributed by atoms with E-state index < -0.39 is 0 Å². The van der Waals surface area contributed by atoms with Gasteiger partial charge in [0.2, 0.25) is 0 Å². The molecule has 0 unspecified atom stereocenters. The predicted molar refractivity (Wildman–Crippen MR) is 70.4 cm³/mol. The van der Waals surface area contributed by atoms with Crippen molar-refractivity contribution in [2.75, 3.05) is 0 Å². The van der Waals surface area contributed by atoms with Crippen LogP contribution < -0.4 is 0 Å². The fourth-order valence-electron chi connectivity index (χ4n) is 2.04. The van der Waals surface area contributed by atoms with Crippen LogP contribution in [0.5, 0.6) is 5.75 Å². The monoisotopic (exact) mass is 236 g/mol. The molecule has 1 N–H and O–H groups in total. The van der Waals surface area contributed by atoms with Crippen molar-refractivity contribution in [3.8, 4) is 11.8 Å². The van der Waals surface area contributed by atoms with Gasteiger partial charge in [0.05, 0.1) is 0 Å². The molecule has 0 atom stereocenters. The minimum atomic E-state index is -0.0113. The molecule has 0 spiro atoms. The summed E-state index contributed by atoms with van der Waals surface area (Å²) in [7, 11) is 0. The summed E-state index contributed by atoms with van der Waals surface area (Å²) < 4.78 is 0. The number of hydrogen-bond donors (Lipinski definition) is 1. The van der Waals surface area contributed by atoms with E-state index in [1.165, 1.54) is 16.7 Å². The van der Waals surface area contributed by atoms with Crippen LogP contribution in [-0.2, 0) is 6.42 Å². The molecule has 2 aromatic rings. The van der Waals surface area contributed by atoms with Gasteiger partial charge in [-0.3, -0.25) is 0 Å². The van der Waals surface area contributed by atoms with E-state index in [1.54, 1.807) is 6.07 Å². The van der Waals surface area contributed by atoms with Crippen molar-refractivity contribution in [3.63, 3.8) is 0 Å². The van der Waals surface area contributed by atoms with E-state index in [9.17, 15) is 5.11 Å². The van der Waals surface area contributed by atoms with Crippen LogP contribution in [0.1, 0.15) is 27.8 Å². The highest BCUT2D eigenvalue weighted by molar-refractivity contribution is 5.45. The van der Waals surface area contributed by atoms with Crippen molar-refractivity contribution in [2.24, 2.45) is 0 Å². The van der Waals surface area contributed by atoms with Crippen molar-refractivity contribution in [1.82, 2.24) is 0 Å². The summed E-state index contributed by atoms with van der Waals surface area (Å²) in [5, 5.41) is 18.3. The number of aryl methyl sites for hydroxylation is 2. The summed E-state index contributed by atoms with van der Waals surface area (Å²) in [5.41, 5.74) is 4.84. The van der Waals surface area contributed by atoms with Gasteiger partial charge in [0.25, 0.3) is 0 Å². The third kappa shape index (κ3) is 2.36. The number of nitrogens with zero attached hydrogens (tertiary/aromatic N) is 1. The van der Waals surface area contributed by atoms with Gasteiger partial charge in [-0.2, -0.15) is 5.26 Å². The maximum Gasteiger partial charge on any atom is 0.133 e. The number of phenols is 1. The van der Waals surface area contributed by atoms with Gasteiger partial charge in [0, 0.05) is 6.07 Å². The molecule has 0 aliphatic rings. The summed E-state index contributed by atoms with van der Waals surface area (Å²) >= 11 is 0. The van der Waals surface area contributed by atoms with Crippen molar-refractivity contribution in [3.05, 3.63) is 64.2 Å². The lowest BCUT2D eigenvalue weighted by Gasteiger charge is -2.10. The van der Waals surface area contributed by atoms with Gasteiger partial charge in [0.15, 0.2) is 0 Å². The number of rotatable bonds is 2. The Morgan fingerprint density at radius 2 is 1.83 bits per heavy atom. The second-order valence-corrected chi connectivity index (χ2v) is 4.40. The van der Waals surface area contributed by atoms with E-state index in [0.717, 1.165) is 12.0 Å². The second-order valence-electron chi connectivity index (χ2n) is 4.40. The molecule has 2 rings (SSSR count). The second kappa shape index (κ2) is 4.93. The Morgan fingerprint density at radius 3 is 2.44 bits per heavy atom. The summed E-state index contributed by atoms with van der Waals surface area (Å²) in [4.78, 5) is 0. The molecular formula is C16H14NO. The molecule has 0 saturated carbocycles. The van der Waals surface area contributed by atoms with Crippen LogP contribution in [0.2, 0.25) is 0 Å². The Hall–Kier alpha value is -2.27. The lowest BCUT2D eigenvalue weighted by Crippen LogP contribution is -1.96. The number of aromatic hydroxyl groups is 1. The highest BCUT2D eigenvalue weighted by atomic mass is 16.3. The molecule has 2 nitrogen and oxygen atoms in total. The summed E-state index contributed by atoms with van der Waals surface area (Å²) in [6.07, 6.45) is 0.730. The van der Waals surface area contributed by atoms with Crippen LogP contribution in [0.15, 0.2) is 30.3 Å². The first-order valence-electron chi connectivity index (χ1n) is 5.81. The van der Waals surface area contributed by atoms with Gasteiger partial charge in [-0.25, -0.2) is 0 Å². The standard InChI is InChI=1S/C16H14NO/c1-11-4-3-5-12(2)15(11)9-13-6-7-16(18)14(8-13)10-17/h3-7,18H,9H2,1-2H3. The van der Waals surface area contributed by atoms with E-state index in [4.69, 9.17) is 5.26 Å². The Balaban J connectivity index is 2.38. The molecule has 2 heteroatoms. The third-order valence-corrected chi connectivity index (χ3v) is 3.11. The molecule has 0 heterocycles. The summed E-state index contributed by atoms with van der Waals surface area (Å²) in [6, 6.07) is 14.5. The predicted octanol–water partition coefficient (Wildman–Crippen LogP) is 3.27. The zero-order valence-corrected chi connectivity index (χ0v) is 10.5. The van der Waals surface area contributed by atoms with E-state index >= 15 is 0 Å². The molecule has 0 bridgehead atoms. The van der Waals surface area contributed by atoms with E-state index in [2.05, 4.69) is 32.0 Å². The molecule has 0 saturated heterocycles. The van der Waals surface area contributed by atoms with Crippen LogP contribution >= 0.6 is 0 Å². The highest BCUT2D eigenvalue weighted by Crippen LogP contribution is 2.21. The van der Waals surface area contributed by atoms with Crippen molar-refractivity contribution >= 4 is 0 Å². The number of hydrogen-bond acceptors (Lipinski definition) is 2. The van der Waals surface area contributed by atoms with Gasteiger partial charge in [0.1, 0.15) is 17.4 Å². The third-order valence-electron chi connectivity index (χ3n) is 3.11. The highest BCUT2D eigenvalue weighted by Gasteiger charge is 2.07. The smallest absolute Gasteiger partial charge is 0.133 e. The lowest BCUT2D eigenvalue weighted by atomic mass is 9.95. The lowest BCUT2D eigenvalue weighted by molar-refractivity contribution is 0.473. The van der Waals surface area contributed by atoms with Crippen molar-refractivity contribution < 1.29 is 5.11 Å². The fourth-order valence-corrected chi connectivity index (χ4v) is 2.04. The Morgan fingerprint density at radius 1 is 1.17 bits per heavy atom. The fraction of sp³-hybridized carbons (Fsp3) is 0.188. The minimum absolute atomic E-state index is 0.0113. The zero-order valence-electron chi connectivity index (χ0n) is 10.5. The zero-order chi connectivity index (χ0) is 13.1. The van der Waals surface area contributed by atoms with E-state index in [0.29, 0.717) is 0 Å². The van der Waals surface area contributed by atoms with Crippen LogP contribution in [0.4, 0.5) is 0 Å². The number of benzene rings is 2. The number of phenolic OH excluding ortho intramolecular Hbond substituents is 1. The van der Waals surface area contributed by atoms with Crippen LogP contribution in [0, 0.1) is 31.2 Å². The van der Waals surface area contributed by atoms with Gasteiger partial charge >= 0.3 is 0 Å². The molecule has 89 valence electrons. The maximum atomic E-state index is 9.46. The quantitative estimate of drug-likeness (QED) is 0.869. The van der Waals surface area contributed by atoms with Crippen LogP contribution in [0.3, 0.4) is 0 Å². The molecule has 18 heavy (non-hydrogen) atoms. The Bertz CT molecular complexity index is 603. The van der Waals surface area contributed by atoms with E-state index in [-0.39, 0.29) is 11.3 Å². The average Bonchev–Trinajstić information content (AvgIpc) is 2.36. The molecule has 0 aromatic heterocycles. The SMILES string of the molecule is Cc1cccc(C)c1Cc1[c]c(C#N)c(O)cc1. The molecule has 0 fully saturated rings. The van der Waals surface area contributed by atoms with Crippen LogP contribution in [-0.4, -0.2) is 5.11 Å². The topological polar surface area (TPSA) is 44.0 Å². The molecule has 0 amide bonds. The van der Waals surface area contributed by atoms with Gasteiger partial charge in [-0.05, 0) is 48.6 Å². The van der Waals surface area contributed by atoms with Crippen molar-refractivity contribution in [1.29, 1.82) is 5.26 Å². The first-order valence-corrected chi connectivity index (χ1v) is 5.81. The van der Waals surface area contributed by atoms with Gasteiger partial charge in [-0.15, -0.1) is 0 Å². The Kier molecular flexibility index (Phi) is 3.34. The minimum Gasteiger partial charge on any atom is -0.507 e. The first-order chi connectivity index (χ1) is 8.61. The normalized spacial score (nSPS) is 10.1. The molecule has 1 radical (unpaired) electrons. The summed E-state index contributed by atoms with van der Waals surface area (Å²) in [5.74, 6) is -0.0113. The molecule has 0 aliphatic heterocycles. The van der Waals surface area contributed by atoms with Crippen molar-refractivity contribution in [2.45, 2.75) is 20.3 Å².